The molecule has 0 amide bonds. The van der Waals surface area contributed by atoms with Gasteiger partial charge in [0, 0.05) is 31.7 Å². The molecule has 1 atom stereocenters. The highest BCUT2D eigenvalue weighted by Gasteiger charge is 2.32. The van der Waals surface area contributed by atoms with E-state index in [-0.39, 0.29) is 29.5 Å². The summed E-state index contributed by atoms with van der Waals surface area (Å²) in [6, 6.07) is 0.614. The van der Waals surface area contributed by atoms with E-state index < -0.39 is 0 Å². The highest BCUT2D eigenvalue weighted by Crippen LogP contribution is 2.34. The first-order chi connectivity index (χ1) is 10.9. The second-order valence-electron chi connectivity index (χ2n) is 8.04. The minimum atomic E-state index is 0. The molecule has 1 aliphatic carbocycles. The van der Waals surface area contributed by atoms with Gasteiger partial charge >= 0.3 is 0 Å². The lowest BCUT2D eigenvalue weighted by molar-refractivity contribution is 0.0982. The standard InChI is InChI=1S/C18H37N5.HI/c1-18(2,23-11-7-6-8-12-23)14-21-17(19-3)20-13-16(22(4)5)15-9-10-15;/h15-16H,6-14H2,1-5H3,(H2,19,20,21);1H. The molecule has 1 aliphatic heterocycles. The molecule has 0 aromatic heterocycles. The molecule has 0 aromatic carbocycles. The van der Waals surface area contributed by atoms with Gasteiger partial charge in [0.05, 0.1) is 0 Å². The number of nitrogens with one attached hydrogen (secondary N) is 2. The lowest BCUT2D eigenvalue weighted by atomic mass is 9.98. The lowest BCUT2D eigenvalue weighted by Crippen LogP contribution is -2.55. The average Bonchev–Trinajstić information content (AvgIpc) is 3.36. The van der Waals surface area contributed by atoms with Crippen molar-refractivity contribution in [2.24, 2.45) is 10.9 Å². The zero-order valence-corrected chi connectivity index (χ0v) is 18.6. The Kier molecular flexibility index (Phi) is 9.30. The summed E-state index contributed by atoms with van der Waals surface area (Å²) in [7, 11) is 6.23. The topological polar surface area (TPSA) is 42.9 Å². The van der Waals surface area contributed by atoms with E-state index in [9.17, 15) is 0 Å². The monoisotopic (exact) mass is 451 g/mol. The van der Waals surface area contributed by atoms with Crippen LogP contribution < -0.4 is 10.6 Å². The van der Waals surface area contributed by atoms with Crippen molar-refractivity contribution in [1.29, 1.82) is 0 Å². The van der Waals surface area contributed by atoms with Crippen molar-refractivity contribution >= 4 is 29.9 Å². The summed E-state index contributed by atoms with van der Waals surface area (Å²) in [5.74, 6) is 1.79. The van der Waals surface area contributed by atoms with E-state index in [1.54, 1.807) is 0 Å². The fourth-order valence-electron chi connectivity index (χ4n) is 3.58. The number of nitrogens with zero attached hydrogens (tertiary/aromatic N) is 3. The van der Waals surface area contributed by atoms with Gasteiger partial charge in [-0.3, -0.25) is 9.89 Å². The first-order valence-electron chi connectivity index (χ1n) is 9.30. The van der Waals surface area contributed by atoms with Gasteiger partial charge in [0.1, 0.15) is 0 Å². The van der Waals surface area contributed by atoms with Gasteiger partial charge in [0.2, 0.25) is 0 Å². The fraction of sp³-hybridized carbons (Fsp3) is 0.944. The second kappa shape index (κ2) is 10.2. The van der Waals surface area contributed by atoms with Crippen molar-refractivity contribution in [2.45, 2.75) is 57.5 Å². The molecular formula is C18H38IN5. The Bertz CT molecular complexity index is 385. The number of guanidine groups is 1. The van der Waals surface area contributed by atoms with Crippen LogP contribution in [0.5, 0.6) is 0 Å². The maximum atomic E-state index is 4.40. The molecule has 2 rings (SSSR count). The van der Waals surface area contributed by atoms with Crippen LogP contribution in [0.2, 0.25) is 0 Å². The molecule has 0 spiro atoms. The summed E-state index contributed by atoms with van der Waals surface area (Å²) in [6.45, 7) is 9.04. The Morgan fingerprint density at radius 3 is 2.29 bits per heavy atom. The van der Waals surface area contributed by atoms with Crippen molar-refractivity contribution in [3.05, 3.63) is 0 Å². The highest BCUT2D eigenvalue weighted by atomic mass is 127. The van der Waals surface area contributed by atoms with Gasteiger partial charge in [0.25, 0.3) is 0 Å². The van der Waals surface area contributed by atoms with E-state index in [0.29, 0.717) is 6.04 Å². The number of piperidine rings is 1. The largest absolute Gasteiger partial charge is 0.355 e. The Morgan fingerprint density at radius 2 is 1.79 bits per heavy atom. The van der Waals surface area contributed by atoms with Gasteiger partial charge in [0.15, 0.2) is 5.96 Å². The van der Waals surface area contributed by atoms with Crippen molar-refractivity contribution in [2.75, 3.05) is 47.3 Å². The molecular weight excluding hydrogens is 413 g/mol. The summed E-state index contributed by atoms with van der Waals surface area (Å²) < 4.78 is 0. The first kappa shape index (κ1) is 22.0. The summed E-state index contributed by atoms with van der Waals surface area (Å²) in [5, 5.41) is 7.07. The first-order valence-corrected chi connectivity index (χ1v) is 9.30. The minimum absolute atomic E-state index is 0. The molecule has 0 aromatic rings. The smallest absolute Gasteiger partial charge is 0.191 e. The summed E-state index contributed by atoms with van der Waals surface area (Å²) in [6.07, 6.45) is 6.80. The number of halogens is 1. The average molecular weight is 451 g/mol. The lowest BCUT2D eigenvalue weighted by Gasteiger charge is -2.41. The van der Waals surface area contributed by atoms with Crippen LogP contribution in [0.3, 0.4) is 0 Å². The van der Waals surface area contributed by atoms with Crippen LogP contribution in [-0.2, 0) is 0 Å². The third-order valence-corrected chi connectivity index (χ3v) is 5.43. The van der Waals surface area contributed by atoms with Crippen molar-refractivity contribution < 1.29 is 0 Å². The molecule has 1 unspecified atom stereocenters. The minimum Gasteiger partial charge on any atom is -0.355 e. The fourth-order valence-corrected chi connectivity index (χ4v) is 3.58. The molecule has 2 aliphatic rings. The Hall–Kier alpha value is -0.0800. The van der Waals surface area contributed by atoms with E-state index in [2.05, 4.69) is 53.4 Å². The summed E-state index contributed by atoms with van der Waals surface area (Å²) in [5.41, 5.74) is 0.176. The molecule has 2 fully saturated rings. The molecule has 142 valence electrons. The van der Waals surface area contributed by atoms with Crippen molar-refractivity contribution in [3.8, 4) is 0 Å². The van der Waals surface area contributed by atoms with Gasteiger partial charge in [-0.15, -0.1) is 24.0 Å². The molecule has 6 heteroatoms. The van der Waals surface area contributed by atoms with E-state index in [0.717, 1.165) is 25.0 Å². The third-order valence-electron chi connectivity index (χ3n) is 5.43. The van der Waals surface area contributed by atoms with Gasteiger partial charge in [-0.1, -0.05) is 6.42 Å². The van der Waals surface area contributed by atoms with E-state index in [1.165, 1.54) is 45.2 Å². The zero-order chi connectivity index (χ0) is 16.9. The predicted molar refractivity (Wildman–Crippen MR) is 114 cm³/mol. The molecule has 1 saturated heterocycles. The molecule has 1 heterocycles. The van der Waals surface area contributed by atoms with Gasteiger partial charge in [-0.05, 0) is 72.6 Å². The molecule has 0 radical (unpaired) electrons. The SMILES string of the molecule is CN=C(NCC(C1CC1)N(C)C)NCC(C)(C)N1CCCCC1.I. The molecule has 2 N–H and O–H groups in total. The number of aliphatic imine (C=N–C) groups is 1. The van der Waals surface area contributed by atoms with Crippen LogP contribution >= 0.6 is 24.0 Å². The molecule has 24 heavy (non-hydrogen) atoms. The molecule has 5 nitrogen and oxygen atoms in total. The molecule has 1 saturated carbocycles. The quantitative estimate of drug-likeness (QED) is 0.355. The summed E-state index contributed by atoms with van der Waals surface area (Å²) >= 11 is 0. The number of likely N-dealkylation sites (tertiary alicyclic amines) is 1. The maximum Gasteiger partial charge on any atom is 0.191 e. The predicted octanol–water partition coefficient (Wildman–Crippen LogP) is 2.37. The van der Waals surface area contributed by atoms with E-state index in [1.807, 2.05) is 7.05 Å². The van der Waals surface area contributed by atoms with Gasteiger partial charge < -0.3 is 15.5 Å². The number of rotatable bonds is 7. The zero-order valence-electron chi connectivity index (χ0n) is 16.3. The Labute approximate surface area is 166 Å². The van der Waals surface area contributed by atoms with Crippen molar-refractivity contribution in [3.63, 3.8) is 0 Å². The van der Waals surface area contributed by atoms with Crippen LogP contribution in [0.1, 0.15) is 46.0 Å². The molecule has 0 bridgehead atoms. The summed E-state index contributed by atoms with van der Waals surface area (Å²) in [4.78, 5) is 9.36. The van der Waals surface area contributed by atoms with Gasteiger partial charge in [-0.2, -0.15) is 0 Å². The Morgan fingerprint density at radius 1 is 1.17 bits per heavy atom. The number of hydrogen-bond donors (Lipinski definition) is 2. The number of likely N-dealkylation sites (N-methyl/N-ethyl adjacent to an activating group) is 1. The van der Waals surface area contributed by atoms with Crippen LogP contribution in [0.25, 0.3) is 0 Å². The van der Waals surface area contributed by atoms with Crippen LogP contribution in [-0.4, -0.2) is 74.7 Å². The van der Waals surface area contributed by atoms with Crippen molar-refractivity contribution in [1.82, 2.24) is 20.4 Å². The highest BCUT2D eigenvalue weighted by molar-refractivity contribution is 14.0. The normalized spacial score (nSPS) is 21.3. The van der Waals surface area contributed by atoms with E-state index >= 15 is 0 Å². The van der Waals surface area contributed by atoms with Crippen LogP contribution in [0.4, 0.5) is 0 Å². The maximum absolute atomic E-state index is 4.40. The third kappa shape index (κ3) is 6.67. The number of hydrogen-bond acceptors (Lipinski definition) is 3. The van der Waals surface area contributed by atoms with Crippen LogP contribution in [0, 0.1) is 5.92 Å². The second-order valence-corrected chi connectivity index (χ2v) is 8.04. The Balaban J connectivity index is 0.00000288. The van der Waals surface area contributed by atoms with Crippen LogP contribution in [0.15, 0.2) is 4.99 Å². The van der Waals surface area contributed by atoms with Gasteiger partial charge in [-0.25, -0.2) is 0 Å². The van der Waals surface area contributed by atoms with E-state index in [4.69, 9.17) is 0 Å².